The summed E-state index contributed by atoms with van der Waals surface area (Å²) in [5, 5.41) is 24.8. The van der Waals surface area contributed by atoms with E-state index in [1.54, 1.807) is 43.3 Å². The Morgan fingerprint density at radius 3 is 1.14 bits per heavy atom. The predicted molar refractivity (Wildman–Crippen MR) is 541 cm³/mol. The molecule has 710 valence electrons. The molecule has 6 aliphatic rings. The number of aromatic nitrogens is 1. The van der Waals surface area contributed by atoms with Crippen molar-refractivity contribution in [2.45, 2.75) is 62.3 Å². The molecular formula is C117H103F4N3O16. The summed E-state index contributed by atoms with van der Waals surface area (Å²) in [6.45, 7) is 20.6. The number of fused-ring (bicyclic) bond motifs is 7. The molecule has 19 rings (SSSR count). The Labute approximate surface area is 806 Å². The molecular weight excluding hydrogens is 1780 g/mol. The van der Waals surface area contributed by atoms with Crippen molar-refractivity contribution in [3.8, 4) is 130 Å². The zero-order valence-electron chi connectivity index (χ0n) is 79.7. The van der Waals surface area contributed by atoms with E-state index in [2.05, 4.69) is 76.0 Å². The van der Waals surface area contributed by atoms with Crippen molar-refractivity contribution in [1.29, 1.82) is 0 Å². The minimum absolute atomic E-state index is 0.115. The molecule has 12 aromatic carbocycles. The normalized spacial score (nSPS) is 11.1. The van der Waals surface area contributed by atoms with Crippen molar-refractivity contribution in [3.05, 3.63) is 384 Å². The third kappa shape index (κ3) is 22.1. The molecule has 4 heterocycles. The van der Waals surface area contributed by atoms with E-state index in [9.17, 15) is 42.2 Å². The Balaban J connectivity index is 0.000000135. The van der Waals surface area contributed by atoms with Crippen LogP contribution in [0.1, 0.15) is 60.4 Å². The van der Waals surface area contributed by atoms with Gasteiger partial charge < -0.3 is 76.0 Å². The molecule has 1 aromatic heterocycles. The highest BCUT2D eigenvalue weighted by atomic mass is 19.1. The van der Waals surface area contributed by atoms with Crippen LogP contribution in [-0.2, 0) is 0 Å². The third-order valence-corrected chi connectivity index (χ3v) is 24.2. The number of hydrogen-bond acceptors (Lipinski definition) is 17. The summed E-state index contributed by atoms with van der Waals surface area (Å²) in [7, 11) is 8.17. The average molecular weight is 1880 g/mol. The van der Waals surface area contributed by atoms with E-state index in [-0.39, 0.29) is 29.3 Å². The van der Waals surface area contributed by atoms with Crippen molar-refractivity contribution in [1.82, 2.24) is 9.56 Å². The Kier molecular flexibility index (Phi) is 29.5. The van der Waals surface area contributed by atoms with Gasteiger partial charge in [-0.3, -0.25) is 9.59 Å². The Morgan fingerprint density at radius 1 is 0.350 bits per heavy atom. The molecule has 3 aliphatic heterocycles. The van der Waals surface area contributed by atoms with Crippen LogP contribution in [-0.4, -0.2) is 97.1 Å². The van der Waals surface area contributed by atoms with Gasteiger partial charge in [-0.2, -0.15) is 0 Å². The summed E-state index contributed by atoms with van der Waals surface area (Å²) in [5.41, 5.74) is 18.5. The fourth-order valence-corrected chi connectivity index (χ4v) is 16.4. The molecule has 0 radical (unpaired) electrons. The van der Waals surface area contributed by atoms with Crippen LogP contribution in [0.25, 0.3) is 122 Å². The molecule has 0 spiro atoms. The summed E-state index contributed by atoms with van der Waals surface area (Å²) in [4.78, 5) is 40.4. The second kappa shape index (κ2) is 42.8. The molecule has 0 bridgehead atoms. The number of aryl methyl sites for hydroxylation is 9. The van der Waals surface area contributed by atoms with Crippen molar-refractivity contribution in [2.75, 3.05) is 85.9 Å². The number of halogens is 4. The number of aromatic hydroxyl groups is 1. The summed E-state index contributed by atoms with van der Waals surface area (Å²) in [6.07, 6.45) is 0. The smallest absolute Gasteiger partial charge is 0.217 e. The highest BCUT2D eigenvalue weighted by Crippen LogP contribution is 2.47. The number of anilines is 1. The summed E-state index contributed by atoms with van der Waals surface area (Å²) < 4.78 is 125. The van der Waals surface area contributed by atoms with Gasteiger partial charge in [0.05, 0.1) is 12.0 Å². The molecule has 0 atom stereocenters. The van der Waals surface area contributed by atoms with Crippen LogP contribution in [0.15, 0.2) is 302 Å². The molecule has 19 nitrogen and oxygen atoms in total. The maximum atomic E-state index is 14.6. The zero-order chi connectivity index (χ0) is 98.7. The lowest BCUT2D eigenvalue weighted by atomic mass is 9.92. The van der Waals surface area contributed by atoms with Gasteiger partial charge in [-0.05, 0) is 244 Å². The second-order valence-electron chi connectivity index (χ2n) is 34.6. The van der Waals surface area contributed by atoms with E-state index in [1.807, 2.05) is 222 Å². The monoisotopic (exact) mass is 1880 g/mol. The van der Waals surface area contributed by atoms with Gasteiger partial charge in [-0.25, -0.2) is 22.1 Å². The van der Waals surface area contributed by atoms with E-state index < -0.39 is 45.8 Å². The fraction of sp³-hybridized carbons (Fsp3) is 0.179. The number of rotatable bonds is 26. The lowest BCUT2D eigenvalue weighted by molar-refractivity contribution is -0.255. The van der Waals surface area contributed by atoms with Crippen LogP contribution >= 0.6 is 0 Å². The van der Waals surface area contributed by atoms with Crippen molar-refractivity contribution < 1.29 is 83.7 Å². The molecule has 3 aliphatic carbocycles. The SMILES string of the molecule is Cc1cc2oc3cc(=O)c(F)cc-3c(-c3ccc(C)c(OCCOc4ccccc4C)c3)c2cc1F.Cc1ccccc1OCCOc1cc(-c2c3cc(F)c(=O)cc-3oc3cc(O)c(F)cc23)ccc1C.Cc1ccccc1OCCOc1cc(-c2c3ccc(=[N+](C)C)cc-3oc3cc(N(C)C)ccc23)ccc1C.Cc1ccccc1OCCOc1cc(-c2cc3ccc(C(=O)[O-])cc3[nH]2)ccc1C. The molecule has 0 saturated carbocycles. The van der Waals surface area contributed by atoms with E-state index in [1.165, 1.54) is 6.07 Å². The van der Waals surface area contributed by atoms with Gasteiger partial charge in [0.25, 0.3) is 0 Å². The number of aromatic carboxylic acids is 1. The fourth-order valence-electron chi connectivity index (χ4n) is 16.4. The molecule has 13 aromatic rings. The number of hydrogen-bond donors (Lipinski definition) is 2. The first-order chi connectivity index (χ1) is 67.4. The number of aromatic amines is 1. The van der Waals surface area contributed by atoms with Crippen LogP contribution in [0, 0.1) is 85.6 Å². The van der Waals surface area contributed by atoms with Crippen molar-refractivity contribution >= 4 is 55.5 Å². The molecule has 0 saturated heterocycles. The molecule has 23 heteroatoms. The summed E-state index contributed by atoms with van der Waals surface area (Å²) >= 11 is 0. The minimum atomic E-state index is -1.19. The van der Waals surface area contributed by atoms with Gasteiger partial charge in [-0.1, -0.05) is 133 Å². The van der Waals surface area contributed by atoms with Crippen LogP contribution in [0.2, 0.25) is 0 Å². The number of H-pyrrole nitrogens is 1. The lowest BCUT2D eigenvalue weighted by Gasteiger charge is -2.19. The van der Waals surface area contributed by atoms with Gasteiger partial charge >= 0.3 is 0 Å². The molecule has 0 fully saturated rings. The van der Waals surface area contributed by atoms with Gasteiger partial charge in [0.15, 0.2) is 23.2 Å². The van der Waals surface area contributed by atoms with Gasteiger partial charge in [0, 0.05) is 122 Å². The quantitative estimate of drug-likeness (QED) is 0.0222. The van der Waals surface area contributed by atoms with Crippen LogP contribution in [0.3, 0.4) is 0 Å². The number of phenols is 1. The summed E-state index contributed by atoms with van der Waals surface area (Å²) in [5.74, 6) is 2.47. The number of para-hydroxylation sites is 4. The van der Waals surface area contributed by atoms with Gasteiger partial charge in [0.2, 0.25) is 16.2 Å². The average Bonchev–Trinajstić information content (AvgIpc) is 1.21. The highest BCUT2D eigenvalue weighted by Gasteiger charge is 2.27. The Hall–Kier alpha value is -16.6. The van der Waals surface area contributed by atoms with Crippen LogP contribution < -0.4 is 68.7 Å². The first-order valence-corrected chi connectivity index (χ1v) is 45.6. The molecule has 140 heavy (non-hydrogen) atoms. The standard InChI is InChI=1S/C33H35N2O3.C30H24F2O4.C29H22F2O5.C25H23NO4/c1-22-9-7-8-10-29(22)36-17-18-37-30-19-24(12-11-23(30)2)33-27-15-13-25(34(3)4)20-31(27)38-32-21-26(35(5)6)14-16-28(32)33;1-17-6-4-5-7-26(17)34-10-11-35-27-13-20(9-8-18(27)2)30-21-14-23(31)19(3)12-28(21)36-29-16-25(33)24(32)15-22(29)30;1-16-5-3-4-6-25(16)34-9-10-35-26-11-18(8-7-17(26)2)29-19-12-21(30)23(32)14-27(19)36-28-15-24(33)22(31)13-20(28)29;1-16-5-3-4-6-23(16)29-11-12-30-24-15-19(8-7-17(24)2)21-13-18-9-10-20(25(27)28)14-22(18)26-21/h7-16,19-21H,17-18H2,1-6H3;4-9,12-16H,10-11H2,1-3H3;3-8,11-15,32H,9-10H2,1-2H3;3-10,13-15,26H,11-12H2,1-2H3,(H,27,28)/q+1;;;/p-1. The lowest BCUT2D eigenvalue weighted by Crippen LogP contribution is -2.21. The number of nitrogens with zero attached hydrogens (tertiary/aromatic N) is 2. The second-order valence-corrected chi connectivity index (χ2v) is 34.6. The minimum Gasteiger partial charge on any atom is -0.545 e. The van der Waals surface area contributed by atoms with E-state index in [0.717, 1.165) is 182 Å². The topological polar surface area (TPSA) is 230 Å². The van der Waals surface area contributed by atoms with Gasteiger partial charge in [0.1, 0.15) is 153 Å². The van der Waals surface area contributed by atoms with Crippen molar-refractivity contribution in [2.24, 2.45) is 0 Å². The molecule has 0 amide bonds. The largest absolute Gasteiger partial charge is 0.545 e. The Morgan fingerprint density at radius 2 is 0.721 bits per heavy atom. The first kappa shape index (κ1) is 96.6. The number of benzene rings is 15. The highest BCUT2D eigenvalue weighted by molar-refractivity contribution is 6.05. The predicted octanol–water partition coefficient (Wildman–Crippen LogP) is 24.5. The van der Waals surface area contributed by atoms with Crippen LogP contribution in [0.4, 0.5) is 23.2 Å². The number of carboxylic acids is 1. The first-order valence-electron chi connectivity index (χ1n) is 45.6. The molecule has 0 unspecified atom stereocenters. The number of carbonyl (C=O) groups is 1. The third-order valence-electron chi connectivity index (χ3n) is 24.2. The van der Waals surface area contributed by atoms with Gasteiger partial charge in [-0.15, -0.1) is 0 Å². The Bertz CT molecular complexity index is 7700. The summed E-state index contributed by atoms with van der Waals surface area (Å²) in [6, 6.07) is 84.1. The van der Waals surface area contributed by atoms with E-state index >= 15 is 0 Å². The number of phenolic OH excluding ortho intramolecular Hbond substituents is 1. The number of carbonyl (C=O) groups excluding carboxylic acids is 1. The number of ether oxygens (including phenoxy) is 8. The van der Waals surface area contributed by atoms with Crippen molar-refractivity contribution in [3.63, 3.8) is 0 Å². The molecule has 2 N–H and O–H groups in total. The van der Waals surface area contributed by atoms with E-state index in [4.69, 9.17) is 51.1 Å². The zero-order valence-corrected chi connectivity index (χ0v) is 79.7. The number of carboxylic acid groups (broad SMARTS) is 1. The van der Waals surface area contributed by atoms with Crippen LogP contribution in [0.5, 0.6) is 51.7 Å². The number of nitrogens with one attached hydrogen (secondary N) is 1. The maximum absolute atomic E-state index is 14.6. The maximum Gasteiger partial charge on any atom is 0.217 e. The van der Waals surface area contributed by atoms with E-state index in [0.29, 0.717) is 113 Å².